The van der Waals surface area contributed by atoms with Crippen molar-refractivity contribution in [2.24, 2.45) is 0 Å². The highest BCUT2D eigenvalue weighted by Crippen LogP contribution is 2.08. The Labute approximate surface area is 107 Å². The maximum atomic E-state index is 11.8. The number of carboxylic acid groups (broad SMARTS) is 1. The fourth-order valence-electron chi connectivity index (χ4n) is 1.31. The molecule has 0 bridgehead atoms. The Morgan fingerprint density at radius 3 is 2.89 bits per heavy atom. The van der Waals surface area contributed by atoms with Gasteiger partial charge in [-0.05, 0) is 17.7 Å². The molecule has 96 valence electrons. The van der Waals surface area contributed by atoms with Crippen LogP contribution in [-0.2, 0) is 4.79 Å². The number of carboxylic acids is 1. The van der Waals surface area contributed by atoms with Crippen molar-refractivity contribution in [3.63, 3.8) is 0 Å². The van der Waals surface area contributed by atoms with Gasteiger partial charge < -0.3 is 14.9 Å². The van der Waals surface area contributed by atoms with Crippen molar-refractivity contribution in [1.82, 2.24) is 10.1 Å². The number of hydrogen-bond acceptors (Lipinski definition) is 5. The Morgan fingerprint density at radius 1 is 1.37 bits per heavy atom. The van der Waals surface area contributed by atoms with E-state index >= 15 is 0 Å². The average molecular weight is 259 g/mol. The van der Waals surface area contributed by atoms with Gasteiger partial charge in [0.05, 0.1) is 5.56 Å². The molecular weight excluding hydrogens is 250 g/mol. The molecule has 2 aromatic rings. The largest absolute Gasteiger partial charge is 0.478 e. The van der Waals surface area contributed by atoms with Gasteiger partial charge in [0.1, 0.15) is 6.26 Å². The predicted molar refractivity (Wildman–Crippen MR) is 65.4 cm³/mol. The van der Waals surface area contributed by atoms with Crippen molar-refractivity contribution in [2.45, 2.75) is 0 Å². The first-order valence-electron chi connectivity index (χ1n) is 5.23. The van der Waals surface area contributed by atoms with Crippen LogP contribution in [0.2, 0.25) is 0 Å². The number of anilines is 1. The standard InChI is InChI=1S/C12H9N3O4/c16-11(17)2-1-8-5-9(7-13-6-8)12(18)14-10-3-4-19-15-10/h1-7H,(H,16,17)(H,14,15,18)/b2-1+. The molecule has 7 heteroatoms. The van der Waals surface area contributed by atoms with E-state index in [0.717, 1.165) is 6.08 Å². The Bertz CT molecular complexity index is 620. The second kappa shape index (κ2) is 5.58. The first-order chi connectivity index (χ1) is 9.15. The van der Waals surface area contributed by atoms with Crippen LogP contribution in [-0.4, -0.2) is 27.1 Å². The molecule has 0 aliphatic heterocycles. The fraction of sp³-hybridized carbons (Fsp3) is 0. The highest BCUT2D eigenvalue weighted by Gasteiger charge is 2.08. The number of carbonyl (C=O) groups excluding carboxylic acids is 1. The van der Waals surface area contributed by atoms with Gasteiger partial charge in [0, 0.05) is 24.5 Å². The van der Waals surface area contributed by atoms with E-state index < -0.39 is 11.9 Å². The van der Waals surface area contributed by atoms with Gasteiger partial charge in [-0.1, -0.05) is 5.16 Å². The maximum absolute atomic E-state index is 11.8. The Morgan fingerprint density at radius 2 is 2.21 bits per heavy atom. The minimum Gasteiger partial charge on any atom is -0.478 e. The van der Waals surface area contributed by atoms with Crippen molar-refractivity contribution in [3.8, 4) is 0 Å². The molecule has 0 fully saturated rings. The van der Waals surface area contributed by atoms with Crippen LogP contribution >= 0.6 is 0 Å². The summed E-state index contributed by atoms with van der Waals surface area (Å²) in [6.07, 6.45) is 6.47. The van der Waals surface area contributed by atoms with E-state index in [9.17, 15) is 9.59 Å². The lowest BCUT2D eigenvalue weighted by atomic mass is 10.2. The second-order valence-electron chi connectivity index (χ2n) is 3.52. The van der Waals surface area contributed by atoms with E-state index in [2.05, 4.69) is 20.0 Å². The Balaban J connectivity index is 2.14. The number of amides is 1. The number of rotatable bonds is 4. The molecule has 2 heterocycles. The first kappa shape index (κ1) is 12.5. The predicted octanol–water partition coefficient (Wildman–Crippen LogP) is 1.42. The zero-order valence-corrected chi connectivity index (χ0v) is 9.61. The minimum absolute atomic E-state index is 0.288. The molecular formula is C12H9N3O4. The molecule has 1 amide bonds. The number of pyridine rings is 1. The summed E-state index contributed by atoms with van der Waals surface area (Å²) in [5.74, 6) is -1.19. The van der Waals surface area contributed by atoms with Crippen LogP contribution in [0, 0.1) is 0 Å². The topological polar surface area (TPSA) is 105 Å². The van der Waals surface area contributed by atoms with E-state index in [1.54, 1.807) is 0 Å². The zero-order valence-electron chi connectivity index (χ0n) is 9.61. The first-order valence-corrected chi connectivity index (χ1v) is 5.23. The Kier molecular flexibility index (Phi) is 3.67. The van der Waals surface area contributed by atoms with Crippen LogP contribution in [0.15, 0.2) is 41.4 Å². The van der Waals surface area contributed by atoms with Gasteiger partial charge in [-0.3, -0.25) is 9.78 Å². The van der Waals surface area contributed by atoms with Crippen molar-refractivity contribution in [1.29, 1.82) is 0 Å². The van der Waals surface area contributed by atoms with E-state index in [1.165, 1.54) is 36.9 Å². The average Bonchev–Trinajstić information content (AvgIpc) is 2.89. The molecule has 0 spiro atoms. The van der Waals surface area contributed by atoms with E-state index in [1.807, 2.05) is 0 Å². The molecule has 7 nitrogen and oxygen atoms in total. The van der Waals surface area contributed by atoms with Gasteiger partial charge >= 0.3 is 5.97 Å². The molecule has 0 aromatic carbocycles. The van der Waals surface area contributed by atoms with Gasteiger partial charge in [0.25, 0.3) is 5.91 Å². The third kappa shape index (κ3) is 3.50. The molecule has 2 aromatic heterocycles. The number of nitrogens with one attached hydrogen (secondary N) is 1. The molecule has 0 unspecified atom stereocenters. The fourth-order valence-corrected chi connectivity index (χ4v) is 1.31. The molecule has 0 aliphatic carbocycles. The molecule has 0 aliphatic rings. The van der Waals surface area contributed by atoms with Crippen molar-refractivity contribution in [2.75, 3.05) is 5.32 Å². The molecule has 2 N–H and O–H groups in total. The molecule has 0 radical (unpaired) electrons. The van der Waals surface area contributed by atoms with Gasteiger partial charge in [0.15, 0.2) is 5.82 Å². The smallest absolute Gasteiger partial charge is 0.328 e. The van der Waals surface area contributed by atoms with Crippen LogP contribution in [0.25, 0.3) is 6.08 Å². The van der Waals surface area contributed by atoms with Gasteiger partial charge in [-0.15, -0.1) is 0 Å². The van der Waals surface area contributed by atoms with Crippen LogP contribution in [0.1, 0.15) is 15.9 Å². The summed E-state index contributed by atoms with van der Waals surface area (Å²) in [5.41, 5.74) is 0.797. The zero-order chi connectivity index (χ0) is 13.7. The quantitative estimate of drug-likeness (QED) is 0.804. The summed E-state index contributed by atoms with van der Waals surface area (Å²) in [6.45, 7) is 0. The summed E-state index contributed by atoms with van der Waals surface area (Å²) < 4.78 is 4.58. The minimum atomic E-state index is -1.07. The summed E-state index contributed by atoms with van der Waals surface area (Å²) in [6, 6.07) is 3.02. The van der Waals surface area contributed by atoms with E-state index in [0.29, 0.717) is 5.56 Å². The van der Waals surface area contributed by atoms with Gasteiger partial charge in [-0.25, -0.2) is 4.79 Å². The van der Waals surface area contributed by atoms with Crippen molar-refractivity contribution < 1.29 is 19.2 Å². The van der Waals surface area contributed by atoms with Crippen molar-refractivity contribution >= 4 is 23.8 Å². The lowest BCUT2D eigenvalue weighted by molar-refractivity contribution is -0.131. The molecule has 0 saturated carbocycles. The summed E-state index contributed by atoms with van der Waals surface area (Å²) in [5, 5.41) is 14.6. The van der Waals surface area contributed by atoms with Gasteiger partial charge in [-0.2, -0.15) is 0 Å². The maximum Gasteiger partial charge on any atom is 0.328 e. The van der Waals surface area contributed by atoms with Crippen molar-refractivity contribution in [3.05, 3.63) is 48.0 Å². The monoisotopic (exact) mass is 259 g/mol. The second-order valence-corrected chi connectivity index (χ2v) is 3.52. The molecule has 19 heavy (non-hydrogen) atoms. The summed E-state index contributed by atoms with van der Waals surface area (Å²) in [7, 11) is 0. The number of hydrogen-bond donors (Lipinski definition) is 2. The number of aliphatic carboxylic acids is 1. The normalized spacial score (nSPS) is 10.5. The SMILES string of the molecule is O=C(O)/C=C/c1cncc(C(=O)Nc2ccon2)c1. The van der Waals surface area contributed by atoms with Gasteiger partial charge in [0.2, 0.25) is 0 Å². The molecule has 2 rings (SSSR count). The van der Waals surface area contributed by atoms with E-state index in [-0.39, 0.29) is 11.4 Å². The number of carbonyl (C=O) groups is 2. The van der Waals surface area contributed by atoms with Crippen LogP contribution < -0.4 is 5.32 Å². The van der Waals surface area contributed by atoms with Crippen LogP contribution in [0.3, 0.4) is 0 Å². The van der Waals surface area contributed by atoms with Crippen LogP contribution in [0.5, 0.6) is 0 Å². The van der Waals surface area contributed by atoms with E-state index in [4.69, 9.17) is 5.11 Å². The summed E-state index contributed by atoms with van der Waals surface area (Å²) in [4.78, 5) is 26.1. The number of nitrogens with zero attached hydrogens (tertiary/aromatic N) is 2. The highest BCUT2D eigenvalue weighted by molar-refractivity contribution is 6.03. The Hall–Kier alpha value is -2.96. The lowest BCUT2D eigenvalue weighted by Crippen LogP contribution is -2.12. The number of aromatic nitrogens is 2. The lowest BCUT2D eigenvalue weighted by Gasteiger charge is -2.01. The van der Waals surface area contributed by atoms with Crippen LogP contribution in [0.4, 0.5) is 5.82 Å². The third-order valence-corrected chi connectivity index (χ3v) is 2.12. The third-order valence-electron chi connectivity index (χ3n) is 2.12. The summed E-state index contributed by atoms with van der Waals surface area (Å²) >= 11 is 0. The molecule has 0 atom stereocenters. The molecule has 0 saturated heterocycles. The highest BCUT2D eigenvalue weighted by atomic mass is 16.5.